The van der Waals surface area contributed by atoms with Crippen LogP contribution in [0.4, 0.5) is 0 Å². The van der Waals surface area contributed by atoms with Crippen LogP contribution < -0.4 is 0 Å². The van der Waals surface area contributed by atoms with Gasteiger partial charge in [-0.2, -0.15) is 0 Å². The Morgan fingerprint density at radius 2 is 2.22 bits per heavy atom. The number of aromatic nitrogens is 2. The molecule has 1 fully saturated rings. The van der Waals surface area contributed by atoms with E-state index in [-0.39, 0.29) is 6.61 Å². The van der Waals surface area contributed by atoms with Gasteiger partial charge in [-0.3, -0.25) is 4.52 Å². The highest BCUT2D eigenvalue weighted by Gasteiger charge is 2.41. The van der Waals surface area contributed by atoms with E-state index in [2.05, 4.69) is 4.98 Å². The van der Waals surface area contributed by atoms with Crippen LogP contribution in [0.1, 0.15) is 0 Å². The number of hydrogen-bond donors (Lipinski definition) is 3. The third-order valence-electron chi connectivity index (χ3n) is 2.59. The van der Waals surface area contributed by atoms with Gasteiger partial charge in [-0.25, -0.2) is 13.9 Å². The topological polar surface area (TPSA) is 114 Å². The Labute approximate surface area is 104 Å². The number of ether oxygens (including phenoxy) is 1. The minimum atomic E-state index is -4.07. The normalized spacial score (nSPS) is 35.5. The molecule has 1 aliphatic rings. The summed E-state index contributed by atoms with van der Waals surface area (Å²) in [6.07, 6.45) is 0.264. The van der Waals surface area contributed by atoms with Gasteiger partial charge < -0.3 is 19.8 Å². The first-order chi connectivity index (χ1) is 8.42. The fourth-order valence-corrected chi connectivity index (χ4v) is 2.45. The third kappa shape index (κ3) is 2.66. The molecule has 0 aromatic carbocycles. The van der Waals surface area contributed by atoms with Crippen molar-refractivity contribution < 1.29 is 28.9 Å². The van der Waals surface area contributed by atoms with Crippen LogP contribution in [0.5, 0.6) is 0 Å². The van der Waals surface area contributed by atoms with Crippen molar-refractivity contribution in [3.05, 3.63) is 18.7 Å². The van der Waals surface area contributed by atoms with Crippen molar-refractivity contribution in [3.8, 4) is 0 Å². The van der Waals surface area contributed by atoms with Crippen LogP contribution in [-0.2, 0) is 13.8 Å². The van der Waals surface area contributed by atoms with Crippen LogP contribution in [0.25, 0.3) is 0 Å². The Kier molecular flexibility index (Phi) is 3.91. The van der Waals surface area contributed by atoms with Gasteiger partial charge in [-0.15, -0.1) is 0 Å². The summed E-state index contributed by atoms with van der Waals surface area (Å²) in [7, 11) is 1.28. The fourth-order valence-electron chi connectivity index (χ4n) is 1.55. The summed E-state index contributed by atoms with van der Waals surface area (Å²) >= 11 is 0. The van der Waals surface area contributed by atoms with Crippen LogP contribution >= 0.6 is 7.75 Å². The first-order valence-electron chi connectivity index (χ1n) is 5.15. The number of imidazole rings is 1. The SMILES string of the molecule is [B][C@@H]1O[C@H](COP(=O)(O)n2ccnc2)C(O)[C@@H]1O. The average Bonchev–Trinajstić information content (AvgIpc) is 2.92. The minimum Gasteiger partial charge on any atom is -0.388 e. The van der Waals surface area contributed by atoms with E-state index in [1.54, 1.807) is 0 Å². The van der Waals surface area contributed by atoms with Crippen LogP contribution in [0.2, 0.25) is 0 Å². The molecule has 0 aliphatic carbocycles. The zero-order valence-corrected chi connectivity index (χ0v) is 10.1. The molecule has 1 aliphatic heterocycles. The standard InChI is InChI=1S/C8H12BN2O6P/c9-8-7(13)6(12)5(17-8)3-16-18(14,15)11-2-1-10-4-11/h1-2,4-8,12-13H,3H2,(H,14,15)/t5-,6?,7+,8-/m1/s1. The van der Waals surface area contributed by atoms with E-state index in [1.165, 1.54) is 12.4 Å². The van der Waals surface area contributed by atoms with Crippen LogP contribution in [-0.4, -0.2) is 63.2 Å². The maximum Gasteiger partial charge on any atom is 0.437 e. The minimum absolute atomic E-state index is 0.377. The van der Waals surface area contributed by atoms with Crippen LogP contribution in [0.15, 0.2) is 18.7 Å². The Bertz CT molecular complexity index is 443. The fraction of sp³-hybridized carbons (Fsp3) is 0.625. The molecule has 98 valence electrons. The lowest BCUT2D eigenvalue weighted by Gasteiger charge is -2.18. The van der Waals surface area contributed by atoms with Gasteiger partial charge in [0.05, 0.1) is 12.7 Å². The molecule has 1 aromatic heterocycles. The number of hydrogen-bond acceptors (Lipinski definition) is 6. The largest absolute Gasteiger partial charge is 0.437 e. The molecule has 1 aromatic rings. The maximum absolute atomic E-state index is 11.7. The average molecular weight is 274 g/mol. The monoisotopic (exact) mass is 274 g/mol. The predicted molar refractivity (Wildman–Crippen MR) is 59.8 cm³/mol. The van der Waals surface area contributed by atoms with E-state index in [4.69, 9.17) is 17.1 Å². The highest BCUT2D eigenvalue weighted by Crippen LogP contribution is 2.43. The van der Waals surface area contributed by atoms with E-state index in [0.29, 0.717) is 0 Å². The Hall–Kier alpha value is -0.695. The molecule has 0 saturated carbocycles. The molecule has 1 saturated heterocycles. The van der Waals surface area contributed by atoms with Gasteiger partial charge in [0, 0.05) is 18.4 Å². The predicted octanol–water partition coefficient (Wildman–Crippen LogP) is -1.54. The first-order valence-corrected chi connectivity index (χ1v) is 6.68. The molecule has 0 bridgehead atoms. The summed E-state index contributed by atoms with van der Waals surface area (Å²) in [5.41, 5.74) is 0. The summed E-state index contributed by atoms with van der Waals surface area (Å²) in [4.78, 5) is 13.2. The molecular weight excluding hydrogens is 262 g/mol. The third-order valence-corrected chi connectivity index (χ3v) is 3.89. The molecule has 2 unspecified atom stereocenters. The Morgan fingerprint density at radius 1 is 1.50 bits per heavy atom. The highest BCUT2D eigenvalue weighted by atomic mass is 31.2. The van der Waals surface area contributed by atoms with Crippen molar-refractivity contribution in [2.75, 3.05) is 6.61 Å². The lowest BCUT2D eigenvalue weighted by atomic mass is 9.93. The summed E-state index contributed by atoms with van der Waals surface area (Å²) in [5, 5.41) is 18.9. The molecule has 8 nitrogen and oxygen atoms in total. The van der Waals surface area contributed by atoms with Crippen molar-refractivity contribution in [2.24, 2.45) is 0 Å². The van der Waals surface area contributed by atoms with Gasteiger partial charge in [0.15, 0.2) is 0 Å². The second-order valence-corrected chi connectivity index (χ2v) is 5.55. The van der Waals surface area contributed by atoms with Crippen molar-refractivity contribution in [3.63, 3.8) is 0 Å². The van der Waals surface area contributed by atoms with Crippen LogP contribution in [0, 0.1) is 0 Å². The summed E-state index contributed by atoms with van der Waals surface area (Å²) in [6, 6.07) is -1.04. The Morgan fingerprint density at radius 3 is 2.72 bits per heavy atom. The molecule has 2 radical (unpaired) electrons. The molecule has 0 spiro atoms. The van der Waals surface area contributed by atoms with Gasteiger partial charge in [0.2, 0.25) is 0 Å². The number of nitrogens with zero attached hydrogens (tertiary/aromatic N) is 2. The van der Waals surface area contributed by atoms with Crippen molar-refractivity contribution in [1.82, 2.24) is 9.32 Å². The molecule has 0 amide bonds. The van der Waals surface area contributed by atoms with E-state index >= 15 is 0 Å². The maximum atomic E-state index is 11.7. The zero-order valence-electron chi connectivity index (χ0n) is 9.23. The van der Waals surface area contributed by atoms with Crippen molar-refractivity contribution in [1.29, 1.82) is 0 Å². The van der Waals surface area contributed by atoms with Gasteiger partial charge in [-0.1, -0.05) is 0 Å². The summed E-state index contributed by atoms with van der Waals surface area (Å²) < 4.78 is 22.4. The van der Waals surface area contributed by atoms with E-state index in [1.807, 2.05) is 0 Å². The quantitative estimate of drug-likeness (QED) is 0.450. The number of aliphatic hydroxyl groups excluding tert-OH is 2. The summed E-state index contributed by atoms with van der Waals surface area (Å²) in [6.45, 7) is -0.377. The van der Waals surface area contributed by atoms with Gasteiger partial charge in [-0.05, 0) is 0 Å². The van der Waals surface area contributed by atoms with Gasteiger partial charge >= 0.3 is 7.75 Å². The smallest absolute Gasteiger partial charge is 0.388 e. The second-order valence-electron chi connectivity index (χ2n) is 3.85. The molecular formula is C8H12BN2O6P. The van der Waals surface area contributed by atoms with Crippen molar-refractivity contribution in [2.45, 2.75) is 24.3 Å². The van der Waals surface area contributed by atoms with Gasteiger partial charge in [0.25, 0.3) is 0 Å². The van der Waals surface area contributed by atoms with Gasteiger partial charge in [0.1, 0.15) is 26.4 Å². The number of rotatable bonds is 4. The van der Waals surface area contributed by atoms with E-state index in [9.17, 15) is 19.7 Å². The lowest BCUT2D eigenvalue weighted by molar-refractivity contribution is -0.00523. The van der Waals surface area contributed by atoms with Crippen LogP contribution in [0.3, 0.4) is 0 Å². The first kappa shape index (κ1) is 13.7. The molecule has 18 heavy (non-hydrogen) atoms. The lowest BCUT2D eigenvalue weighted by Crippen LogP contribution is -2.34. The highest BCUT2D eigenvalue weighted by molar-refractivity contribution is 7.51. The molecule has 3 N–H and O–H groups in total. The molecule has 2 rings (SSSR count). The molecule has 2 heterocycles. The van der Waals surface area contributed by atoms with E-state index in [0.717, 1.165) is 10.7 Å². The molecule has 5 atom stereocenters. The van der Waals surface area contributed by atoms with E-state index < -0.39 is 32.1 Å². The second kappa shape index (κ2) is 5.12. The Balaban J connectivity index is 1.95. The summed E-state index contributed by atoms with van der Waals surface area (Å²) in [5.74, 6) is 0. The zero-order chi connectivity index (χ0) is 13.3. The number of aliphatic hydroxyl groups is 2. The molecule has 10 heteroatoms. The van der Waals surface area contributed by atoms with Crippen molar-refractivity contribution >= 4 is 15.6 Å².